The van der Waals surface area contributed by atoms with Crippen LogP contribution in [0.2, 0.25) is 0 Å². The summed E-state index contributed by atoms with van der Waals surface area (Å²) in [5.41, 5.74) is 0.456. The van der Waals surface area contributed by atoms with Crippen LogP contribution in [-0.2, 0) is 10.8 Å². The van der Waals surface area contributed by atoms with Crippen LogP contribution in [0, 0.1) is 0 Å². The van der Waals surface area contributed by atoms with Gasteiger partial charge < -0.3 is 10.2 Å². The van der Waals surface area contributed by atoms with Gasteiger partial charge in [-0.25, -0.2) is 0 Å². The van der Waals surface area contributed by atoms with Crippen molar-refractivity contribution in [2.24, 2.45) is 0 Å². The fraction of sp³-hybridized carbons (Fsp3) is 0.412. The monoisotopic (exact) mass is 1060 g/mol. The van der Waals surface area contributed by atoms with Gasteiger partial charge in [0.25, 0.3) is 0 Å². The van der Waals surface area contributed by atoms with Crippen molar-refractivity contribution < 1.29 is 79.0 Å². The smallest absolute Gasteiger partial charge is 0.385 e. The van der Waals surface area contributed by atoms with Gasteiger partial charge in [0.2, 0.25) is 0 Å². The number of anilines is 2. The van der Waals surface area contributed by atoms with Crippen molar-refractivity contribution in [3.8, 4) is 0 Å². The summed E-state index contributed by atoms with van der Waals surface area (Å²) in [6, 6.07) is 19.6. The van der Waals surface area contributed by atoms with Crippen LogP contribution in [0.1, 0.15) is 70.9 Å². The topological polar surface area (TPSA) is 15.3 Å². The number of allylic oxidation sites excluding steroid dienone is 9. The van der Waals surface area contributed by atoms with E-state index in [0.717, 1.165) is 0 Å². The molecular formula is C51H45ClF18N2. The number of nitrogens with zero attached hydrogens (tertiary/aromatic N) is 1. The molecule has 0 radical (unpaired) electrons. The number of hydrogen-bond acceptors (Lipinski definition) is 2. The van der Waals surface area contributed by atoms with Crippen molar-refractivity contribution in [3.63, 3.8) is 0 Å². The van der Waals surface area contributed by atoms with Gasteiger partial charge in [0, 0.05) is 58.9 Å². The zero-order valence-electron chi connectivity index (χ0n) is 38.5. The van der Waals surface area contributed by atoms with E-state index in [-0.39, 0.29) is 22.1 Å². The molecule has 72 heavy (non-hydrogen) atoms. The third-order valence-corrected chi connectivity index (χ3v) is 13.8. The Kier molecular flexibility index (Phi) is 14.7. The molecule has 6 rings (SSSR count). The summed E-state index contributed by atoms with van der Waals surface area (Å²) in [5.74, 6) is -39.4. The molecule has 0 spiro atoms. The highest BCUT2D eigenvalue weighted by Gasteiger charge is 2.82. The lowest BCUT2D eigenvalue weighted by Gasteiger charge is -2.35. The number of rotatable bonds is 16. The molecule has 392 valence electrons. The standard InChI is InChI=1S/C51H45ClF18N2/c1-29(42(2,3)39-34-15-8-6-11-30(34)19-22-36(39)71-27-25-44(53,54)46(57,58)48(61,62)50(65,66)67)17-18-32-13-10-14-33(41(32)52)21-24-38-43(4,5)40-35-16-9-7-12-31(35)20-23-37(40)72(38)28-26-45(55,56)47(59,60)49(63,64)51(68,69)70/h6-9,11-12,15-24,71H,1,10,13-14,25-28H2,2-5H3/b18-17+,33-21+,38-24+. The van der Waals surface area contributed by atoms with Crippen LogP contribution < -0.4 is 10.2 Å². The maximum atomic E-state index is 15.1. The Balaban J connectivity index is 1.32. The summed E-state index contributed by atoms with van der Waals surface area (Å²) >= 11 is 6.96. The third kappa shape index (κ3) is 9.57. The molecule has 0 aromatic heterocycles. The van der Waals surface area contributed by atoms with E-state index >= 15 is 8.78 Å². The molecule has 2 aliphatic rings. The highest BCUT2D eigenvalue weighted by atomic mass is 35.5. The molecule has 0 unspecified atom stereocenters. The second-order valence-electron chi connectivity index (χ2n) is 18.7. The number of nitrogens with one attached hydrogen (secondary N) is 1. The van der Waals surface area contributed by atoms with E-state index in [2.05, 4.69) is 11.9 Å². The van der Waals surface area contributed by atoms with E-state index < -0.39 is 84.6 Å². The molecule has 1 aliphatic carbocycles. The summed E-state index contributed by atoms with van der Waals surface area (Å²) in [7, 11) is 0. The summed E-state index contributed by atoms with van der Waals surface area (Å²) < 4.78 is 248. The number of halogens is 19. The molecule has 1 N–H and O–H groups in total. The molecular weight excluding hydrogens is 1020 g/mol. The van der Waals surface area contributed by atoms with Crippen LogP contribution in [0.3, 0.4) is 0 Å². The highest BCUT2D eigenvalue weighted by molar-refractivity contribution is 6.32. The Hall–Kier alpha value is -5.27. The minimum Gasteiger partial charge on any atom is -0.385 e. The Morgan fingerprint density at radius 2 is 1.17 bits per heavy atom. The summed E-state index contributed by atoms with van der Waals surface area (Å²) in [5, 5.41) is 5.16. The predicted molar refractivity (Wildman–Crippen MR) is 242 cm³/mol. The van der Waals surface area contributed by atoms with Gasteiger partial charge in [0.1, 0.15) is 0 Å². The molecule has 4 aromatic rings. The van der Waals surface area contributed by atoms with E-state index in [1.807, 2.05) is 0 Å². The molecule has 0 amide bonds. The van der Waals surface area contributed by atoms with Crippen LogP contribution in [0.15, 0.2) is 131 Å². The molecule has 2 nitrogen and oxygen atoms in total. The average Bonchev–Trinajstić information content (AvgIpc) is 3.50. The van der Waals surface area contributed by atoms with Gasteiger partial charge >= 0.3 is 47.9 Å². The van der Waals surface area contributed by atoms with E-state index in [9.17, 15) is 70.2 Å². The Morgan fingerprint density at radius 3 is 1.74 bits per heavy atom. The van der Waals surface area contributed by atoms with Crippen LogP contribution in [0.4, 0.5) is 90.4 Å². The van der Waals surface area contributed by atoms with Gasteiger partial charge in [-0.15, -0.1) is 0 Å². The molecule has 0 atom stereocenters. The van der Waals surface area contributed by atoms with Crippen molar-refractivity contribution in [2.75, 3.05) is 23.3 Å². The van der Waals surface area contributed by atoms with Crippen molar-refractivity contribution in [2.45, 2.75) is 119 Å². The van der Waals surface area contributed by atoms with Crippen LogP contribution >= 0.6 is 11.6 Å². The van der Waals surface area contributed by atoms with E-state index in [4.69, 9.17) is 11.6 Å². The average molecular weight is 1060 g/mol. The van der Waals surface area contributed by atoms with Crippen molar-refractivity contribution in [3.05, 3.63) is 142 Å². The zero-order chi connectivity index (χ0) is 54.1. The summed E-state index contributed by atoms with van der Waals surface area (Å²) in [4.78, 5) is 1.17. The molecule has 1 heterocycles. The lowest BCUT2D eigenvalue weighted by atomic mass is 9.75. The van der Waals surface area contributed by atoms with Gasteiger partial charge in [-0.1, -0.05) is 125 Å². The molecule has 0 saturated heterocycles. The SMILES string of the molecule is C=C(/C=C/C1=C(Cl)C(=C/C=C2/N(CCC(F)(F)C(F)(F)C(F)(F)C(F)(F)F)c3ccc4ccccc4c3C2(C)C)/CCC1)C(C)(C)c1c(NCCC(F)(F)C(F)(F)C(F)(F)C(F)(F)F)ccc2ccccc12. The second kappa shape index (κ2) is 18.9. The largest absolute Gasteiger partial charge is 0.460 e. The van der Waals surface area contributed by atoms with Crippen LogP contribution in [-0.4, -0.2) is 61.0 Å². The number of alkyl halides is 18. The first-order chi connectivity index (χ1) is 32.9. The minimum absolute atomic E-state index is 0.0406. The van der Waals surface area contributed by atoms with Crippen LogP contribution in [0.25, 0.3) is 21.5 Å². The molecule has 0 fully saturated rings. The molecule has 1 aliphatic heterocycles. The molecule has 4 aromatic carbocycles. The lowest BCUT2D eigenvalue weighted by molar-refractivity contribution is -0.396. The fourth-order valence-electron chi connectivity index (χ4n) is 9.06. The van der Waals surface area contributed by atoms with E-state index in [0.29, 0.717) is 68.7 Å². The van der Waals surface area contributed by atoms with Gasteiger partial charge in [0.05, 0.1) is 0 Å². The van der Waals surface area contributed by atoms with Gasteiger partial charge in [0.15, 0.2) is 0 Å². The first kappa shape index (κ1) is 56.0. The fourth-order valence-corrected chi connectivity index (χ4v) is 9.38. The van der Waals surface area contributed by atoms with Crippen molar-refractivity contribution in [1.29, 1.82) is 0 Å². The van der Waals surface area contributed by atoms with Crippen LogP contribution in [0.5, 0.6) is 0 Å². The maximum absolute atomic E-state index is 15.1. The molecule has 0 saturated carbocycles. The predicted octanol–water partition coefficient (Wildman–Crippen LogP) is 17.8. The summed E-state index contributed by atoms with van der Waals surface area (Å²) in [6.45, 7) is 8.63. The van der Waals surface area contributed by atoms with Crippen molar-refractivity contribution in [1.82, 2.24) is 0 Å². The number of benzene rings is 4. The molecule has 21 heteroatoms. The Bertz CT molecular complexity index is 2850. The Morgan fingerprint density at radius 1 is 0.653 bits per heavy atom. The van der Waals surface area contributed by atoms with Gasteiger partial charge in [-0.3, -0.25) is 0 Å². The third-order valence-electron chi connectivity index (χ3n) is 13.3. The maximum Gasteiger partial charge on any atom is 0.460 e. The van der Waals surface area contributed by atoms with E-state index in [1.54, 1.807) is 101 Å². The quantitative estimate of drug-likeness (QED) is 0.0889. The Labute approximate surface area is 406 Å². The van der Waals surface area contributed by atoms with Gasteiger partial charge in [-0.05, 0) is 86.9 Å². The lowest BCUT2D eigenvalue weighted by Crippen LogP contribution is -2.61. The summed E-state index contributed by atoms with van der Waals surface area (Å²) in [6.07, 6.45) is -10.7. The zero-order valence-corrected chi connectivity index (χ0v) is 39.3. The van der Waals surface area contributed by atoms with Crippen molar-refractivity contribution >= 4 is 44.5 Å². The first-order valence-electron chi connectivity index (χ1n) is 22.0. The number of fused-ring (bicyclic) bond motifs is 4. The minimum atomic E-state index is -7.06. The highest BCUT2D eigenvalue weighted by Crippen LogP contribution is 2.57. The van der Waals surface area contributed by atoms with E-state index in [1.165, 1.54) is 29.2 Å². The molecule has 0 bridgehead atoms. The normalized spacial score (nSPS) is 18.1. The first-order valence-corrected chi connectivity index (χ1v) is 22.4. The number of hydrogen-bond donors (Lipinski definition) is 1. The second-order valence-corrected chi connectivity index (χ2v) is 19.1. The van der Waals surface area contributed by atoms with Gasteiger partial charge in [-0.2, -0.15) is 79.0 Å².